The summed E-state index contributed by atoms with van der Waals surface area (Å²) in [5.41, 5.74) is 0.911. The summed E-state index contributed by atoms with van der Waals surface area (Å²) in [6.07, 6.45) is 3.79. The van der Waals surface area contributed by atoms with E-state index in [1.807, 2.05) is 32.0 Å². The maximum absolute atomic E-state index is 12.3. The molecule has 2 heterocycles. The van der Waals surface area contributed by atoms with Gasteiger partial charge in [-0.2, -0.15) is 0 Å². The molecule has 2 N–H and O–H groups in total. The first-order valence-corrected chi connectivity index (χ1v) is 7.60. The van der Waals surface area contributed by atoms with E-state index in [2.05, 4.69) is 15.6 Å². The Bertz CT molecular complexity index is 624. The fourth-order valence-electron chi connectivity index (χ4n) is 2.12. The second-order valence-electron chi connectivity index (χ2n) is 5.53. The number of aromatic nitrogens is 1. The summed E-state index contributed by atoms with van der Waals surface area (Å²) in [5.74, 6) is -0.454. The van der Waals surface area contributed by atoms with Crippen LogP contribution in [0.4, 0.5) is 0 Å². The minimum Gasteiger partial charge on any atom is -0.459 e. The number of furan rings is 1. The SMILES string of the molecule is CC(C)[C@H](NC(=O)c1ccco1)C(=O)NCCc1ccccn1. The molecule has 0 aliphatic rings. The molecule has 2 rings (SSSR count). The van der Waals surface area contributed by atoms with Crippen molar-refractivity contribution in [3.8, 4) is 0 Å². The van der Waals surface area contributed by atoms with Gasteiger partial charge in [-0.15, -0.1) is 0 Å². The molecule has 0 radical (unpaired) electrons. The predicted molar refractivity (Wildman–Crippen MR) is 85.8 cm³/mol. The van der Waals surface area contributed by atoms with Gasteiger partial charge in [-0.25, -0.2) is 0 Å². The molecule has 122 valence electrons. The van der Waals surface area contributed by atoms with E-state index in [0.29, 0.717) is 13.0 Å². The van der Waals surface area contributed by atoms with Crippen LogP contribution in [0.3, 0.4) is 0 Å². The van der Waals surface area contributed by atoms with Gasteiger partial charge in [0.05, 0.1) is 6.26 Å². The first-order valence-electron chi connectivity index (χ1n) is 7.60. The zero-order valence-corrected chi connectivity index (χ0v) is 13.3. The van der Waals surface area contributed by atoms with Gasteiger partial charge in [0.15, 0.2) is 5.76 Å². The van der Waals surface area contributed by atoms with Crippen LogP contribution in [0.1, 0.15) is 30.1 Å². The summed E-state index contributed by atoms with van der Waals surface area (Å²) in [6.45, 7) is 4.23. The molecule has 0 unspecified atom stereocenters. The molecular formula is C17H21N3O3. The third-order valence-corrected chi connectivity index (χ3v) is 3.39. The molecule has 0 aliphatic heterocycles. The predicted octanol–water partition coefficient (Wildman–Crippen LogP) is 1.79. The van der Waals surface area contributed by atoms with Crippen molar-refractivity contribution in [1.82, 2.24) is 15.6 Å². The third kappa shape index (κ3) is 4.95. The van der Waals surface area contributed by atoms with E-state index >= 15 is 0 Å². The summed E-state index contributed by atoms with van der Waals surface area (Å²) in [4.78, 5) is 28.5. The first kappa shape index (κ1) is 16.7. The Kier molecular flexibility index (Phi) is 5.91. The number of hydrogen-bond acceptors (Lipinski definition) is 4. The van der Waals surface area contributed by atoms with Gasteiger partial charge in [-0.3, -0.25) is 14.6 Å². The highest BCUT2D eigenvalue weighted by molar-refractivity contribution is 5.95. The molecule has 0 saturated carbocycles. The van der Waals surface area contributed by atoms with Crippen LogP contribution in [0.5, 0.6) is 0 Å². The van der Waals surface area contributed by atoms with Crippen LogP contribution in [0.2, 0.25) is 0 Å². The molecule has 0 aliphatic carbocycles. The van der Waals surface area contributed by atoms with Gasteiger partial charge in [-0.1, -0.05) is 19.9 Å². The highest BCUT2D eigenvalue weighted by Gasteiger charge is 2.25. The van der Waals surface area contributed by atoms with Gasteiger partial charge in [0.2, 0.25) is 5.91 Å². The van der Waals surface area contributed by atoms with Crippen molar-refractivity contribution < 1.29 is 14.0 Å². The molecule has 23 heavy (non-hydrogen) atoms. The van der Waals surface area contributed by atoms with Gasteiger partial charge >= 0.3 is 0 Å². The molecule has 2 aromatic rings. The lowest BCUT2D eigenvalue weighted by Crippen LogP contribution is -2.50. The van der Waals surface area contributed by atoms with E-state index < -0.39 is 11.9 Å². The number of nitrogens with zero attached hydrogens (tertiary/aromatic N) is 1. The molecular weight excluding hydrogens is 294 g/mol. The van der Waals surface area contributed by atoms with Crippen molar-refractivity contribution in [2.75, 3.05) is 6.54 Å². The highest BCUT2D eigenvalue weighted by atomic mass is 16.3. The van der Waals surface area contributed by atoms with Gasteiger partial charge in [0.1, 0.15) is 6.04 Å². The highest BCUT2D eigenvalue weighted by Crippen LogP contribution is 2.06. The Morgan fingerprint density at radius 2 is 2.04 bits per heavy atom. The van der Waals surface area contributed by atoms with E-state index in [1.165, 1.54) is 6.26 Å². The van der Waals surface area contributed by atoms with Crippen LogP contribution < -0.4 is 10.6 Å². The summed E-state index contributed by atoms with van der Waals surface area (Å²) in [6, 6.07) is 8.24. The summed E-state index contributed by atoms with van der Waals surface area (Å²) in [5, 5.41) is 5.55. The van der Waals surface area contributed by atoms with Crippen LogP contribution in [0.25, 0.3) is 0 Å². The van der Waals surface area contributed by atoms with Crippen molar-refractivity contribution in [1.29, 1.82) is 0 Å². The number of carbonyl (C=O) groups is 2. The number of amides is 2. The van der Waals surface area contributed by atoms with Crippen LogP contribution in [-0.4, -0.2) is 29.4 Å². The van der Waals surface area contributed by atoms with Crippen LogP contribution >= 0.6 is 0 Å². The largest absolute Gasteiger partial charge is 0.459 e. The molecule has 2 amide bonds. The zero-order valence-electron chi connectivity index (χ0n) is 13.3. The average Bonchev–Trinajstić information content (AvgIpc) is 3.07. The van der Waals surface area contributed by atoms with E-state index in [-0.39, 0.29) is 17.6 Å². The Morgan fingerprint density at radius 1 is 1.22 bits per heavy atom. The van der Waals surface area contributed by atoms with Crippen molar-refractivity contribution in [3.05, 3.63) is 54.2 Å². The second kappa shape index (κ2) is 8.12. The molecule has 2 aromatic heterocycles. The Morgan fingerprint density at radius 3 is 2.65 bits per heavy atom. The lowest BCUT2D eigenvalue weighted by atomic mass is 10.0. The van der Waals surface area contributed by atoms with E-state index in [4.69, 9.17) is 4.42 Å². The van der Waals surface area contributed by atoms with Gasteiger partial charge in [-0.05, 0) is 30.2 Å². The lowest BCUT2D eigenvalue weighted by Gasteiger charge is -2.21. The topological polar surface area (TPSA) is 84.2 Å². The van der Waals surface area contributed by atoms with Crippen LogP contribution in [0, 0.1) is 5.92 Å². The number of nitrogens with one attached hydrogen (secondary N) is 2. The molecule has 0 bridgehead atoms. The maximum Gasteiger partial charge on any atom is 0.287 e. The number of carbonyl (C=O) groups excluding carboxylic acids is 2. The van der Waals surface area contributed by atoms with Crippen molar-refractivity contribution in [2.45, 2.75) is 26.3 Å². The molecule has 1 atom stereocenters. The van der Waals surface area contributed by atoms with E-state index in [1.54, 1.807) is 18.3 Å². The lowest BCUT2D eigenvalue weighted by molar-refractivity contribution is -0.123. The molecule has 6 heteroatoms. The Labute approximate surface area is 135 Å². The molecule has 0 saturated heterocycles. The Hall–Kier alpha value is -2.63. The van der Waals surface area contributed by atoms with Crippen LogP contribution in [0.15, 0.2) is 47.2 Å². The second-order valence-corrected chi connectivity index (χ2v) is 5.53. The minimum atomic E-state index is -0.615. The monoisotopic (exact) mass is 315 g/mol. The summed E-state index contributed by atoms with van der Waals surface area (Å²) in [7, 11) is 0. The number of hydrogen-bond donors (Lipinski definition) is 2. The fourth-order valence-corrected chi connectivity index (χ4v) is 2.12. The summed E-state index contributed by atoms with van der Waals surface area (Å²) < 4.78 is 5.04. The van der Waals surface area contributed by atoms with Gasteiger partial charge < -0.3 is 15.1 Å². The normalized spacial score (nSPS) is 12.0. The van der Waals surface area contributed by atoms with Gasteiger partial charge in [0, 0.05) is 24.9 Å². The third-order valence-electron chi connectivity index (χ3n) is 3.39. The quantitative estimate of drug-likeness (QED) is 0.816. The van der Waals surface area contributed by atoms with Crippen molar-refractivity contribution in [2.24, 2.45) is 5.92 Å². The molecule has 0 aromatic carbocycles. The average molecular weight is 315 g/mol. The number of pyridine rings is 1. The van der Waals surface area contributed by atoms with Crippen molar-refractivity contribution >= 4 is 11.8 Å². The first-order chi connectivity index (χ1) is 11.1. The molecule has 0 spiro atoms. The standard InChI is InChI=1S/C17H21N3O3/c1-12(2)15(20-16(21)14-7-5-11-23-14)17(22)19-10-8-13-6-3-4-9-18-13/h3-7,9,11-12,15H,8,10H2,1-2H3,(H,19,22)(H,20,21)/t15-/m0/s1. The fraction of sp³-hybridized carbons (Fsp3) is 0.353. The Balaban J connectivity index is 1.87. The molecule has 0 fully saturated rings. The van der Waals surface area contributed by atoms with E-state index in [9.17, 15) is 9.59 Å². The minimum absolute atomic E-state index is 0.0382. The number of rotatable bonds is 7. The summed E-state index contributed by atoms with van der Waals surface area (Å²) >= 11 is 0. The maximum atomic E-state index is 12.3. The van der Waals surface area contributed by atoms with Gasteiger partial charge in [0.25, 0.3) is 5.91 Å². The zero-order chi connectivity index (χ0) is 16.7. The molecule has 6 nitrogen and oxygen atoms in total. The van der Waals surface area contributed by atoms with Crippen LogP contribution in [-0.2, 0) is 11.2 Å². The van der Waals surface area contributed by atoms with E-state index in [0.717, 1.165) is 5.69 Å². The van der Waals surface area contributed by atoms with Crippen molar-refractivity contribution in [3.63, 3.8) is 0 Å². The smallest absolute Gasteiger partial charge is 0.287 e.